The van der Waals surface area contributed by atoms with Crippen LogP contribution in [0.25, 0.3) is 10.9 Å². The average Bonchev–Trinajstić information content (AvgIpc) is 2.98. The fourth-order valence-corrected chi connectivity index (χ4v) is 5.22. The van der Waals surface area contributed by atoms with Crippen LogP contribution >= 0.6 is 0 Å². The minimum atomic E-state index is -0.242. The van der Waals surface area contributed by atoms with Crippen LogP contribution in [0.1, 0.15) is 57.1 Å². The van der Waals surface area contributed by atoms with Gasteiger partial charge in [0.15, 0.2) is 0 Å². The molecule has 2 aromatic heterocycles. The van der Waals surface area contributed by atoms with Gasteiger partial charge in [0.1, 0.15) is 23.6 Å². The Hall–Kier alpha value is -3.70. The van der Waals surface area contributed by atoms with Gasteiger partial charge in [-0.3, -0.25) is 14.5 Å². The van der Waals surface area contributed by atoms with Gasteiger partial charge in [0.2, 0.25) is 5.95 Å². The number of hydrogen-bond donors (Lipinski definition) is 2. The van der Waals surface area contributed by atoms with Gasteiger partial charge in [0, 0.05) is 50.9 Å². The molecule has 42 heavy (non-hydrogen) atoms. The molecule has 228 valence electrons. The first-order valence-corrected chi connectivity index (χ1v) is 15.0. The maximum absolute atomic E-state index is 13.8. The molecule has 0 spiro atoms. The van der Waals surface area contributed by atoms with Crippen molar-refractivity contribution in [3.8, 4) is 5.75 Å². The molecule has 0 saturated carbocycles. The molecule has 1 aromatic carbocycles. The molecule has 1 atom stereocenters. The monoisotopic (exact) mass is 579 g/mol. The summed E-state index contributed by atoms with van der Waals surface area (Å²) in [5, 5.41) is 3.67. The van der Waals surface area contributed by atoms with Crippen LogP contribution in [-0.2, 0) is 22.6 Å². The maximum Gasteiger partial charge on any atom is 0.305 e. The van der Waals surface area contributed by atoms with Crippen LogP contribution < -0.4 is 21.3 Å². The van der Waals surface area contributed by atoms with E-state index < -0.39 is 0 Å². The molecule has 0 amide bonds. The second kappa shape index (κ2) is 15.0. The third kappa shape index (κ3) is 8.19. The smallest absolute Gasteiger partial charge is 0.305 e. The Balaban J connectivity index is 1.56. The summed E-state index contributed by atoms with van der Waals surface area (Å²) in [6, 6.07) is 7.75. The number of carbonyl (C=O) groups excluding carboxylic acids is 1. The van der Waals surface area contributed by atoms with Crippen LogP contribution in [0.5, 0.6) is 5.75 Å². The zero-order valence-electron chi connectivity index (χ0n) is 25.4. The molecule has 1 fully saturated rings. The van der Waals surface area contributed by atoms with E-state index in [-0.39, 0.29) is 30.1 Å². The van der Waals surface area contributed by atoms with Gasteiger partial charge in [-0.2, -0.15) is 4.98 Å². The summed E-state index contributed by atoms with van der Waals surface area (Å²) in [6.45, 7) is 9.66. The molecule has 3 heterocycles. The van der Waals surface area contributed by atoms with Crippen LogP contribution in [0.4, 0.5) is 11.8 Å². The Morgan fingerprint density at radius 1 is 1.10 bits per heavy atom. The Kier molecular flexibility index (Phi) is 11.1. The van der Waals surface area contributed by atoms with Crippen molar-refractivity contribution in [2.75, 3.05) is 58.0 Å². The number of esters is 1. The molecule has 0 radical (unpaired) electrons. The fourth-order valence-electron chi connectivity index (χ4n) is 5.22. The van der Waals surface area contributed by atoms with Gasteiger partial charge < -0.3 is 30.0 Å². The first kappa shape index (κ1) is 31.2. The minimum Gasteiger partial charge on any atom is -0.496 e. The van der Waals surface area contributed by atoms with Gasteiger partial charge in [-0.25, -0.2) is 4.98 Å². The van der Waals surface area contributed by atoms with Crippen molar-refractivity contribution >= 4 is 28.6 Å². The van der Waals surface area contributed by atoms with E-state index in [2.05, 4.69) is 51.2 Å². The second-order valence-corrected chi connectivity index (χ2v) is 11.1. The largest absolute Gasteiger partial charge is 0.496 e. The number of rotatable bonds is 14. The van der Waals surface area contributed by atoms with E-state index in [1.165, 1.54) is 5.56 Å². The van der Waals surface area contributed by atoms with Crippen molar-refractivity contribution in [1.82, 2.24) is 24.3 Å². The summed E-state index contributed by atoms with van der Waals surface area (Å²) < 4.78 is 12.9. The van der Waals surface area contributed by atoms with Crippen LogP contribution in [0.15, 0.2) is 35.3 Å². The number of hydrogen-bond acceptors (Lipinski definition) is 10. The first-order chi connectivity index (χ1) is 20.3. The molecule has 11 heteroatoms. The lowest BCUT2D eigenvalue weighted by atomic mass is 10.1. The van der Waals surface area contributed by atoms with Gasteiger partial charge in [-0.1, -0.05) is 38.8 Å². The van der Waals surface area contributed by atoms with Crippen LogP contribution in [0.3, 0.4) is 0 Å². The van der Waals surface area contributed by atoms with E-state index in [9.17, 15) is 9.59 Å². The van der Waals surface area contributed by atoms with Gasteiger partial charge in [0.05, 0.1) is 25.2 Å². The highest BCUT2D eigenvalue weighted by Gasteiger charge is 2.19. The van der Waals surface area contributed by atoms with E-state index in [1.807, 2.05) is 13.0 Å². The molecule has 0 bridgehead atoms. The number of carbonyl (C=O) groups is 1. The molecule has 0 unspecified atom stereocenters. The van der Waals surface area contributed by atoms with Crippen LogP contribution in [0.2, 0.25) is 0 Å². The molecule has 3 N–H and O–H groups in total. The summed E-state index contributed by atoms with van der Waals surface area (Å²) in [7, 11) is 3.81. The van der Waals surface area contributed by atoms with Crippen LogP contribution in [0, 0.1) is 0 Å². The van der Waals surface area contributed by atoms with Crippen molar-refractivity contribution < 1.29 is 14.3 Å². The quantitative estimate of drug-likeness (QED) is 0.274. The fraction of sp³-hybridized carbons (Fsp3) is 0.548. The van der Waals surface area contributed by atoms with E-state index in [0.717, 1.165) is 69.7 Å². The summed E-state index contributed by atoms with van der Waals surface area (Å²) >= 11 is 0. The van der Waals surface area contributed by atoms with Gasteiger partial charge >= 0.3 is 5.97 Å². The first-order valence-electron chi connectivity index (χ1n) is 15.0. The van der Waals surface area contributed by atoms with E-state index in [1.54, 1.807) is 23.9 Å². The Morgan fingerprint density at radius 3 is 2.60 bits per heavy atom. The number of pyridine rings is 1. The second-order valence-electron chi connectivity index (χ2n) is 11.1. The lowest BCUT2D eigenvalue weighted by molar-refractivity contribution is -0.144. The number of likely N-dealkylation sites (N-methyl/N-ethyl adjacent to an activating group) is 1. The number of unbranched alkanes of at least 4 members (excludes halogenated alkanes) is 1. The zero-order chi connectivity index (χ0) is 30.1. The van der Waals surface area contributed by atoms with Gasteiger partial charge in [-0.05, 0) is 37.6 Å². The van der Waals surface area contributed by atoms with E-state index >= 15 is 0 Å². The number of ether oxygens (including phenoxy) is 2. The number of nitrogens with one attached hydrogen (secondary N) is 1. The van der Waals surface area contributed by atoms with Crippen molar-refractivity contribution in [3.63, 3.8) is 0 Å². The highest BCUT2D eigenvalue weighted by atomic mass is 16.5. The minimum absolute atomic E-state index is 0.0648. The number of nitrogen functional groups attached to an aromatic ring is 1. The Morgan fingerprint density at radius 2 is 1.88 bits per heavy atom. The Labute approximate surface area is 248 Å². The van der Waals surface area contributed by atoms with Crippen LogP contribution in [-0.4, -0.2) is 83.3 Å². The summed E-state index contributed by atoms with van der Waals surface area (Å²) in [6.07, 6.45) is 5.42. The lowest BCUT2D eigenvalue weighted by Crippen LogP contribution is -2.43. The number of piperazine rings is 1. The molecule has 1 saturated heterocycles. The van der Waals surface area contributed by atoms with Crippen molar-refractivity contribution in [2.24, 2.45) is 0 Å². The zero-order valence-corrected chi connectivity index (χ0v) is 25.4. The van der Waals surface area contributed by atoms with Gasteiger partial charge in [0.25, 0.3) is 5.56 Å². The molecule has 11 nitrogen and oxygen atoms in total. The van der Waals surface area contributed by atoms with E-state index in [4.69, 9.17) is 15.2 Å². The molecule has 0 aliphatic carbocycles. The predicted molar refractivity (Wildman–Crippen MR) is 166 cm³/mol. The predicted octanol–water partition coefficient (Wildman–Crippen LogP) is 3.49. The van der Waals surface area contributed by atoms with Gasteiger partial charge in [-0.15, -0.1) is 0 Å². The third-order valence-electron chi connectivity index (χ3n) is 7.69. The summed E-state index contributed by atoms with van der Waals surface area (Å²) in [4.78, 5) is 39.4. The van der Waals surface area contributed by atoms with Crippen molar-refractivity contribution in [1.29, 1.82) is 0 Å². The highest BCUT2D eigenvalue weighted by Crippen LogP contribution is 2.24. The average molecular weight is 580 g/mol. The molecular formula is C31H45N7O4. The lowest BCUT2D eigenvalue weighted by Gasteiger charge is -2.32. The summed E-state index contributed by atoms with van der Waals surface area (Å²) in [5.74, 6) is 0.926. The van der Waals surface area contributed by atoms with E-state index in [0.29, 0.717) is 29.7 Å². The standard InChI is InChI=1S/C31H45N7O4/c1-5-7-9-27(39)42-21-24(8-6-2)33-29-28-25(34-31(32)35-29)12-13-38(30(28)40)20-23-11-10-22(18-26(23)41-4)19-37-16-14-36(3)15-17-37/h10-13,18,24H,5-9,14-17,19-21H2,1-4H3,(H3,32,33,34,35)/t24-/m0/s1. The van der Waals surface area contributed by atoms with Crippen molar-refractivity contribution in [2.45, 2.75) is 65.1 Å². The third-order valence-corrected chi connectivity index (χ3v) is 7.69. The highest BCUT2D eigenvalue weighted by molar-refractivity contribution is 5.89. The normalized spacial score (nSPS) is 15.0. The topological polar surface area (TPSA) is 128 Å². The number of fused-ring (bicyclic) bond motifs is 1. The Bertz CT molecular complexity index is 1400. The SMILES string of the molecule is CCCCC(=O)OC[C@H](CCC)Nc1nc(N)nc2ccn(Cc3ccc(CN4CCN(C)CC4)cc3OC)c(=O)c12. The molecule has 4 rings (SSSR count). The molecule has 1 aliphatic heterocycles. The maximum atomic E-state index is 13.8. The molecule has 3 aromatic rings. The summed E-state index contributed by atoms with van der Waals surface area (Å²) in [5.41, 5.74) is 8.30. The molecule has 1 aliphatic rings. The number of nitrogens with zero attached hydrogens (tertiary/aromatic N) is 5. The number of benzene rings is 1. The molecular weight excluding hydrogens is 534 g/mol. The number of methoxy groups -OCH3 is 1. The number of anilines is 2. The van der Waals surface area contributed by atoms with Crippen molar-refractivity contribution in [3.05, 3.63) is 51.9 Å². The number of aromatic nitrogens is 3. The number of nitrogens with two attached hydrogens (primary N) is 1.